The van der Waals surface area contributed by atoms with E-state index in [1.54, 1.807) is 0 Å². The maximum atomic E-state index is 11.0. The van der Waals surface area contributed by atoms with Gasteiger partial charge in [0.2, 0.25) is 0 Å². The van der Waals surface area contributed by atoms with Gasteiger partial charge in [0.1, 0.15) is 6.61 Å². The van der Waals surface area contributed by atoms with E-state index in [-0.39, 0.29) is 18.4 Å². The summed E-state index contributed by atoms with van der Waals surface area (Å²) in [5.41, 5.74) is 1.24. The van der Waals surface area contributed by atoms with Crippen molar-refractivity contribution in [3.63, 3.8) is 0 Å². The highest BCUT2D eigenvalue weighted by molar-refractivity contribution is 5.85. The molecule has 1 heterocycles. The van der Waals surface area contributed by atoms with E-state index in [1.165, 1.54) is 5.56 Å². The summed E-state index contributed by atoms with van der Waals surface area (Å²) in [6.45, 7) is 2.59. The first-order valence-electron chi connectivity index (χ1n) is 4.76. The van der Waals surface area contributed by atoms with Crippen LogP contribution in [0.15, 0.2) is 30.3 Å². The molecule has 0 bridgehead atoms. The van der Waals surface area contributed by atoms with Crippen molar-refractivity contribution in [2.45, 2.75) is 6.54 Å². The van der Waals surface area contributed by atoms with Crippen LogP contribution in [0.5, 0.6) is 0 Å². The SMILES string of the molecule is Cl.O=C1CN(Cc2ccccc2)CCO1. The quantitative estimate of drug-likeness (QED) is 0.717. The number of rotatable bonds is 2. The van der Waals surface area contributed by atoms with Crippen LogP contribution in [-0.4, -0.2) is 30.6 Å². The molecule has 0 saturated carbocycles. The Labute approximate surface area is 95.4 Å². The van der Waals surface area contributed by atoms with Crippen LogP contribution in [0, 0.1) is 0 Å². The number of carbonyl (C=O) groups is 1. The Morgan fingerprint density at radius 2 is 2.00 bits per heavy atom. The van der Waals surface area contributed by atoms with Crippen molar-refractivity contribution >= 4 is 18.4 Å². The van der Waals surface area contributed by atoms with Crippen molar-refractivity contribution in [1.29, 1.82) is 0 Å². The van der Waals surface area contributed by atoms with Crippen LogP contribution in [0.4, 0.5) is 0 Å². The molecule has 0 aliphatic carbocycles. The number of halogens is 1. The van der Waals surface area contributed by atoms with E-state index < -0.39 is 0 Å². The minimum absolute atomic E-state index is 0. The zero-order chi connectivity index (χ0) is 9.80. The lowest BCUT2D eigenvalue weighted by Gasteiger charge is -2.25. The maximum absolute atomic E-state index is 11.0. The fourth-order valence-corrected chi connectivity index (χ4v) is 1.57. The minimum atomic E-state index is -0.118. The predicted octanol–water partition coefficient (Wildman–Crippen LogP) is 1.47. The standard InChI is InChI=1S/C11H13NO2.ClH/c13-11-9-12(6-7-14-11)8-10-4-2-1-3-5-10;/h1-5H,6-9H2;1H. The largest absolute Gasteiger partial charge is 0.463 e. The number of hydrogen-bond acceptors (Lipinski definition) is 3. The molecule has 0 N–H and O–H groups in total. The Kier molecular flexibility index (Phi) is 4.59. The van der Waals surface area contributed by atoms with Crippen molar-refractivity contribution in [3.8, 4) is 0 Å². The average Bonchev–Trinajstić information content (AvgIpc) is 2.19. The van der Waals surface area contributed by atoms with Crippen molar-refractivity contribution in [3.05, 3.63) is 35.9 Å². The lowest BCUT2D eigenvalue weighted by Crippen LogP contribution is -2.39. The first-order chi connectivity index (χ1) is 6.84. The number of carbonyl (C=O) groups excluding carboxylic acids is 1. The predicted molar refractivity (Wildman–Crippen MR) is 59.9 cm³/mol. The molecule has 1 fully saturated rings. The highest BCUT2D eigenvalue weighted by Crippen LogP contribution is 2.06. The van der Waals surface area contributed by atoms with Crippen LogP contribution in [0.25, 0.3) is 0 Å². The molecule has 1 aliphatic rings. The number of hydrogen-bond donors (Lipinski definition) is 0. The van der Waals surface area contributed by atoms with Gasteiger partial charge >= 0.3 is 5.97 Å². The van der Waals surface area contributed by atoms with E-state index in [2.05, 4.69) is 17.0 Å². The molecule has 4 heteroatoms. The molecule has 1 aliphatic heterocycles. The molecule has 0 spiro atoms. The summed E-state index contributed by atoms with van der Waals surface area (Å²) in [5, 5.41) is 0. The lowest BCUT2D eigenvalue weighted by molar-refractivity contribution is -0.150. The maximum Gasteiger partial charge on any atom is 0.320 e. The first kappa shape index (κ1) is 12.0. The van der Waals surface area contributed by atoms with Gasteiger partial charge in [-0.1, -0.05) is 30.3 Å². The highest BCUT2D eigenvalue weighted by atomic mass is 35.5. The third-order valence-corrected chi connectivity index (χ3v) is 2.27. The van der Waals surface area contributed by atoms with Crippen LogP contribution < -0.4 is 0 Å². The molecule has 0 aromatic heterocycles. The minimum Gasteiger partial charge on any atom is -0.463 e. The molecule has 0 amide bonds. The van der Waals surface area contributed by atoms with E-state index in [0.29, 0.717) is 13.2 Å². The third kappa shape index (κ3) is 3.53. The zero-order valence-corrected chi connectivity index (χ0v) is 9.20. The highest BCUT2D eigenvalue weighted by Gasteiger charge is 2.17. The smallest absolute Gasteiger partial charge is 0.320 e. The Morgan fingerprint density at radius 1 is 1.27 bits per heavy atom. The Balaban J connectivity index is 0.00000112. The van der Waals surface area contributed by atoms with Gasteiger partial charge in [-0.25, -0.2) is 0 Å². The average molecular weight is 228 g/mol. The monoisotopic (exact) mass is 227 g/mol. The first-order valence-corrected chi connectivity index (χ1v) is 4.76. The van der Waals surface area contributed by atoms with E-state index in [9.17, 15) is 4.79 Å². The topological polar surface area (TPSA) is 29.5 Å². The molecule has 3 nitrogen and oxygen atoms in total. The van der Waals surface area contributed by atoms with Gasteiger partial charge in [-0.3, -0.25) is 9.69 Å². The number of morpholine rings is 1. The molecule has 0 atom stereocenters. The molecule has 82 valence electrons. The lowest BCUT2D eigenvalue weighted by atomic mass is 10.2. The summed E-state index contributed by atoms with van der Waals surface area (Å²) in [4.78, 5) is 13.1. The zero-order valence-electron chi connectivity index (χ0n) is 8.39. The van der Waals surface area contributed by atoms with Crippen molar-refractivity contribution in [2.75, 3.05) is 19.7 Å². The number of benzene rings is 1. The molecule has 1 saturated heterocycles. The van der Waals surface area contributed by atoms with Gasteiger partial charge in [-0.15, -0.1) is 12.4 Å². The summed E-state index contributed by atoms with van der Waals surface area (Å²) in [7, 11) is 0. The number of cyclic esters (lactones) is 1. The molecule has 2 rings (SSSR count). The number of nitrogens with zero attached hydrogens (tertiary/aromatic N) is 1. The summed E-state index contributed by atoms with van der Waals surface area (Å²) in [5.74, 6) is -0.118. The molecule has 0 radical (unpaired) electrons. The second-order valence-electron chi connectivity index (χ2n) is 3.42. The summed E-state index contributed by atoms with van der Waals surface area (Å²) in [6, 6.07) is 10.2. The second-order valence-corrected chi connectivity index (χ2v) is 3.42. The van der Waals surface area contributed by atoms with Crippen LogP contribution in [0.2, 0.25) is 0 Å². The van der Waals surface area contributed by atoms with E-state index in [1.807, 2.05) is 18.2 Å². The van der Waals surface area contributed by atoms with Crippen LogP contribution in [0.3, 0.4) is 0 Å². The molecule has 0 unspecified atom stereocenters. The molecule has 1 aromatic carbocycles. The van der Waals surface area contributed by atoms with Gasteiger partial charge in [0.15, 0.2) is 0 Å². The van der Waals surface area contributed by atoms with E-state index in [4.69, 9.17) is 4.74 Å². The summed E-state index contributed by atoms with van der Waals surface area (Å²) < 4.78 is 4.87. The van der Waals surface area contributed by atoms with Gasteiger partial charge in [-0.05, 0) is 5.56 Å². The van der Waals surface area contributed by atoms with E-state index in [0.717, 1.165) is 13.1 Å². The van der Waals surface area contributed by atoms with Crippen molar-refractivity contribution in [1.82, 2.24) is 4.90 Å². The van der Waals surface area contributed by atoms with Crippen LogP contribution in [-0.2, 0) is 16.1 Å². The van der Waals surface area contributed by atoms with Crippen molar-refractivity contribution in [2.24, 2.45) is 0 Å². The van der Waals surface area contributed by atoms with Crippen molar-refractivity contribution < 1.29 is 9.53 Å². The van der Waals surface area contributed by atoms with Crippen LogP contribution >= 0.6 is 12.4 Å². The van der Waals surface area contributed by atoms with E-state index >= 15 is 0 Å². The molecular weight excluding hydrogens is 214 g/mol. The summed E-state index contributed by atoms with van der Waals surface area (Å²) in [6.07, 6.45) is 0. The Morgan fingerprint density at radius 3 is 2.67 bits per heavy atom. The van der Waals surface area contributed by atoms with Gasteiger partial charge < -0.3 is 4.74 Å². The molecule has 15 heavy (non-hydrogen) atoms. The van der Waals surface area contributed by atoms with Gasteiger partial charge in [0, 0.05) is 13.1 Å². The third-order valence-electron chi connectivity index (χ3n) is 2.27. The van der Waals surface area contributed by atoms with Gasteiger partial charge in [0.25, 0.3) is 0 Å². The number of ether oxygens (including phenoxy) is 1. The second kappa shape index (κ2) is 5.73. The van der Waals surface area contributed by atoms with Gasteiger partial charge in [-0.2, -0.15) is 0 Å². The van der Waals surface area contributed by atoms with Crippen LogP contribution in [0.1, 0.15) is 5.56 Å². The fraction of sp³-hybridized carbons (Fsp3) is 0.364. The normalized spacial score (nSPS) is 16.7. The molecule has 1 aromatic rings. The van der Waals surface area contributed by atoms with Gasteiger partial charge in [0.05, 0.1) is 6.54 Å². The molecular formula is C11H14ClNO2. The Hall–Kier alpha value is -1.06. The number of esters is 1. The Bertz CT molecular complexity index is 316. The summed E-state index contributed by atoms with van der Waals surface area (Å²) >= 11 is 0. The fourth-order valence-electron chi connectivity index (χ4n) is 1.57.